The first-order valence-corrected chi connectivity index (χ1v) is 13.8. The number of likely N-dealkylation sites (tertiary alicyclic amines) is 1. The van der Waals surface area contributed by atoms with Crippen LogP contribution in [0.3, 0.4) is 0 Å². The molecule has 1 aliphatic heterocycles. The second kappa shape index (κ2) is 12.0. The SMILES string of the molecule is Cc1c(COc2cc(OCC(F)(F)F)c(CN3CCCC[C@H]3CO)c3c2CCC3)cccc1-c1ccccc1. The van der Waals surface area contributed by atoms with Gasteiger partial charge in [-0.25, -0.2) is 0 Å². The highest BCUT2D eigenvalue weighted by Gasteiger charge is 2.32. The molecule has 3 aromatic rings. The molecule has 1 atom stereocenters. The van der Waals surface area contributed by atoms with Crippen LogP contribution in [0.25, 0.3) is 11.1 Å². The van der Waals surface area contributed by atoms with Crippen molar-refractivity contribution in [1.29, 1.82) is 0 Å². The quantitative estimate of drug-likeness (QED) is 0.317. The Morgan fingerprint density at radius 1 is 0.923 bits per heavy atom. The van der Waals surface area contributed by atoms with Gasteiger partial charge in [0.15, 0.2) is 6.61 Å². The number of rotatable bonds is 9. The maximum atomic E-state index is 13.2. The summed E-state index contributed by atoms with van der Waals surface area (Å²) in [7, 11) is 0. The highest BCUT2D eigenvalue weighted by molar-refractivity contribution is 5.68. The summed E-state index contributed by atoms with van der Waals surface area (Å²) >= 11 is 0. The van der Waals surface area contributed by atoms with Crippen molar-refractivity contribution >= 4 is 0 Å². The van der Waals surface area contributed by atoms with Gasteiger partial charge < -0.3 is 14.6 Å². The van der Waals surface area contributed by atoms with Crippen LogP contribution in [0.4, 0.5) is 13.2 Å². The number of hydrogen-bond acceptors (Lipinski definition) is 4. The van der Waals surface area contributed by atoms with Crippen molar-refractivity contribution in [1.82, 2.24) is 4.90 Å². The van der Waals surface area contributed by atoms with Crippen molar-refractivity contribution in [2.45, 2.75) is 70.8 Å². The van der Waals surface area contributed by atoms with Gasteiger partial charge in [-0.3, -0.25) is 4.90 Å². The summed E-state index contributed by atoms with van der Waals surface area (Å²) < 4.78 is 51.4. The topological polar surface area (TPSA) is 41.9 Å². The third-order valence-corrected chi connectivity index (χ3v) is 8.07. The number of piperidine rings is 1. The minimum absolute atomic E-state index is 0.0158. The van der Waals surface area contributed by atoms with Crippen LogP contribution in [0.2, 0.25) is 0 Å². The zero-order valence-corrected chi connectivity index (χ0v) is 22.4. The van der Waals surface area contributed by atoms with Gasteiger partial charge in [-0.05, 0) is 79.0 Å². The minimum atomic E-state index is -4.44. The number of alkyl halides is 3. The molecule has 4 nitrogen and oxygen atoms in total. The van der Waals surface area contributed by atoms with E-state index in [-0.39, 0.29) is 18.4 Å². The molecular weight excluding hydrogens is 503 g/mol. The molecular formula is C32H36F3NO3. The molecule has 0 bridgehead atoms. The minimum Gasteiger partial charge on any atom is -0.488 e. The maximum absolute atomic E-state index is 13.2. The molecule has 1 aliphatic carbocycles. The van der Waals surface area contributed by atoms with Crippen LogP contribution < -0.4 is 9.47 Å². The number of hydrogen-bond donors (Lipinski definition) is 1. The van der Waals surface area contributed by atoms with E-state index in [1.165, 1.54) is 0 Å². The molecule has 3 aromatic carbocycles. The maximum Gasteiger partial charge on any atom is 0.422 e. The van der Waals surface area contributed by atoms with Gasteiger partial charge in [-0.2, -0.15) is 13.2 Å². The van der Waals surface area contributed by atoms with Crippen LogP contribution in [0, 0.1) is 6.92 Å². The van der Waals surface area contributed by atoms with Crippen molar-refractivity contribution in [2.24, 2.45) is 0 Å². The normalized spacial score (nSPS) is 17.7. The summed E-state index contributed by atoms with van der Waals surface area (Å²) in [6, 6.07) is 18.0. The molecule has 0 unspecified atom stereocenters. The molecule has 0 saturated carbocycles. The molecule has 5 rings (SSSR count). The van der Waals surface area contributed by atoms with Crippen LogP contribution in [0.5, 0.6) is 11.5 Å². The molecule has 0 aromatic heterocycles. The van der Waals surface area contributed by atoms with Gasteiger partial charge in [0.25, 0.3) is 0 Å². The number of ether oxygens (including phenoxy) is 2. The number of aliphatic hydroxyl groups excluding tert-OH is 1. The van der Waals surface area contributed by atoms with Crippen LogP contribution in [0.1, 0.15) is 53.5 Å². The molecule has 1 N–H and O–H groups in total. The number of nitrogens with zero attached hydrogens (tertiary/aromatic N) is 1. The Morgan fingerprint density at radius 3 is 2.49 bits per heavy atom. The van der Waals surface area contributed by atoms with Crippen LogP contribution >= 0.6 is 0 Å². The molecule has 7 heteroatoms. The Balaban J connectivity index is 1.45. The standard InChI is InChI=1S/C32H36F3NO3/c1-22-24(11-7-13-26(22)23-9-3-2-4-10-23)20-38-30-17-31(39-21-32(33,34)35)29(27-14-8-15-28(27)30)18-36-16-6-5-12-25(36)19-37/h2-4,7,9-11,13,17,25,37H,5-6,8,12,14-16,18-21H2,1H3/t25-/m0/s1. The monoisotopic (exact) mass is 539 g/mol. The molecule has 0 spiro atoms. The molecule has 1 heterocycles. The van der Waals surface area contributed by atoms with Gasteiger partial charge in [0.2, 0.25) is 0 Å². The van der Waals surface area contributed by atoms with E-state index in [2.05, 4.69) is 30.0 Å². The lowest BCUT2D eigenvalue weighted by Gasteiger charge is -2.35. The van der Waals surface area contributed by atoms with Gasteiger partial charge >= 0.3 is 6.18 Å². The highest BCUT2D eigenvalue weighted by Crippen LogP contribution is 2.41. The Kier molecular flexibility index (Phi) is 8.48. The molecule has 0 amide bonds. The van der Waals surface area contributed by atoms with E-state index in [0.29, 0.717) is 18.9 Å². The van der Waals surface area contributed by atoms with E-state index in [0.717, 1.165) is 84.0 Å². The second-order valence-corrected chi connectivity index (χ2v) is 10.6. The Labute approximate surface area is 228 Å². The predicted molar refractivity (Wildman–Crippen MR) is 146 cm³/mol. The average Bonchev–Trinajstić information content (AvgIpc) is 3.43. The van der Waals surface area contributed by atoms with Crippen LogP contribution in [-0.2, 0) is 26.0 Å². The van der Waals surface area contributed by atoms with Crippen molar-refractivity contribution in [3.05, 3.63) is 82.4 Å². The molecule has 208 valence electrons. The van der Waals surface area contributed by atoms with Gasteiger partial charge in [0.1, 0.15) is 18.1 Å². The van der Waals surface area contributed by atoms with Crippen molar-refractivity contribution in [3.63, 3.8) is 0 Å². The average molecular weight is 540 g/mol. The first kappa shape index (κ1) is 27.5. The summed E-state index contributed by atoms with van der Waals surface area (Å²) in [4.78, 5) is 2.19. The van der Waals surface area contributed by atoms with Crippen LogP contribution in [-0.4, -0.2) is 42.0 Å². The molecule has 0 radical (unpaired) electrons. The first-order chi connectivity index (χ1) is 18.8. The fourth-order valence-electron chi connectivity index (χ4n) is 5.98. The summed E-state index contributed by atoms with van der Waals surface area (Å²) in [5, 5.41) is 9.91. The number of fused-ring (bicyclic) bond motifs is 1. The molecule has 1 saturated heterocycles. The summed E-state index contributed by atoms with van der Waals surface area (Å²) in [6.45, 7) is 2.37. The summed E-state index contributed by atoms with van der Waals surface area (Å²) in [6.07, 6.45) is 1.04. The van der Waals surface area contributed by atoms with Crippen molar-refractivity contribution in [2.75, 3.05) is 19.8 Å². The zero-order valence-electron chi connectivity index (χ0n) is 22.4. The van der Waals surface area contributed by atoms with Gasteiger partial charge in [-0.15, -0.1) is 0 Å². The van der Waals surface area contributed by atoms with E-state index >= 15 is 0 Å². The zero-order chi connectivity index (χ0) is 27.4. The fourth-order valence-corrected chi connectivity index (χ4v) is 5.98. The van der Waals surface area contributed by atoms with E-state index in [4.69, 9.17) is 9.47 Å². The Bertz CT molecular complexity index is 1280. The van der Waals surface area contributed by atoms with Crippen molar-refractivity contribution < 1.29 is 27.8 Å². The van der Waals surface area contributed by atoms with Crippen molar-refractivity contribution in [3.8, 4) is 22.6 Å². The lowest BCUT2D eigenvalue weighted by Crippen LogP contribution is -2.41. The van der Waals surface area contributed by atoms with E-state index in [1.807, 2.05) is 30.3 Å². The largest absolute Gasteiger partial charge is 0.488 e. The van der Waals surface area contributed by atoms with Gasteiger partial charge in [-0.1, -0.05) is 55.0 Å². The van der Waals surface area contributed by atoms with Gasteiger partial charge in [0, 0.05) is 24.2 Å². The Hall–Kier alpha value is -3.03. The number of benzene rings is 3. The summed E-state index contributed by atoms with van der Waals surface area (Å²) in [5.74, 6) is 0.838. The van der Waals surface area contributed by atoms with Gasteiger partial charge in [0.05, 0.1) is 6.61 Å². The number of halogens is 3. The molecule has 2 aliphatic rings. The first-order valence-electron chi connectivity index (χ1n) is 13.8. The smallest absolute Gasteiger partial charge is 0.422 e. The fraction of sp³-hybridized carbons (Fsp3) is 0.438. The Morgan fingerprint density at radius 2 is 1.72 bits per heavy atom. The number of aliphatic hydroxyl groups is 1. The van der Waals surface area contributed by atoms with E-state index < -0.39 is 12.8 Å². The lowest BCUT2D eigenvalue weighted by atomic mass is 9.96. The summed E-state index contributed by atoms with van der Waals surface area (Å²) in [5.41, 5.74) is 7.33. The van der Waals surface area contributed by atoms with E-state index in [9.17, 15) is 18.3 Å². The molecule has 1 fully saturated rings. The predicted octanol–water partition coefficient (Wildman–Crippen LogP) is 7.02. The third-order valence-electron chi connectivity index (χ3n) is 8.07. The van der Waals surface area contributed by atoms with Crippen LogP contribution in [0.15, 0.2) is 54.6 Å². The van der Waals surface area contributed by atoms with E-state index in [1.54, 1.807) is 6.07 Å². The lowest BCUT2D eigenvalue weighted by molar-refractivity contribution is -0.153. The second-order valence-electron chi connectivity index (χ2n) is 10.6. The third kappa shape index (κ3) is 6.42. The highest BCUT2D eigenvalue weighted by atomic mass is 19.4. The molecule has 39 heavy (non-hydrogen) atoms.